The van der Waals surface area contributed by atoms with Crippen LogP contribution in [0.15, 0.2) is 23.0 Å². The number of aliphatic hydroxyl groups excluding tert-OH is 5. The Morgan fingerprint density at radius 1 is 1.19 bits per heavy atom. The largest absolute Gasteiger partial charge is 0.478 e. The van der Waals surface area contributed by atoms with Crippen molar-refractivity contribution < 1.29 is 49.6 Å². The average molecular weight is 374 g/mol. The molecule has 2 heterocycles. The summed E-state index contributed by atoms with van der Waals surface area (Å²) in [5, 5.41) is 57.8. The van der Waals surface area contributed by atoms with Gasteiger partial charge in [0.2, 0.25) is 6.29 Å². The van der Waals surface area contributed by atoms with E-state index in [0.717, 1.165) is 6.26 Å². The minimum absolute atomic E-state index is 0.0390. The molecule has 0 spiro atoms. The lowest BCUT2D eigenvalue weighted by Gasteiger charge is -2.41. The number of aliphatic carboxylic acids is 1. The van der Waals surface area contributed by atoms with Gasteiger partial charge in [-0.2, -0.15) is 0 Å². The third kappa shape index (κ3) is 3.25. The topological polar surface area (TPSA) is 166 Å². The van der Waals surface area contributed by atoms with E-state index >= 15 is 0 Å². The van der Waals surface area contributed by atoms with E-state index in [9.17, 15) is 35.4 Å². The molecule has 10 heteroatoms. The predicted molar refractivity (Wildman–Crippen MR) is 82.3 cm³/mol. The van der Waals surface area contributed by atoms with Gasteiger partial charge < -0.3 is 44.8 Å². The van der Waals surface area contributed by atoms with Gasteiger partial charge in [-0.15, -0.1) is 0 Å². The molecule has 0 saturated carbocycles. The highest BCUT2D eigenvalue weighted by Gasteiger charge is 2.47. The summed E-state index contributed by atoms with van der Waals surface area (Å²) in [5.74, 6) is -1.64. The molecule has 7 atom stereocenters. The molecule has 0 unspecified atom stereocenters. The van der Waals surface area contributed by atoms with Crippen molar-refractivity contribution in [2.75, 3.05) is 13.2 Å². The van der Waals surface area contributed by atoms with Crippen molar-refractivity contribution in [1.82, 2.24) is 0 Å². The maximum Gasteiger partial charge on any atom is 0.335 e. The summed E-state index contributed by atoms with van der Waals surface area (Å²) in [6.45, 7) is -0.900. The molecule has 0 bridgehead atoms. The van der Waals surface area contributed by atoms with Crippen LogP contribution in [0.4, 0.5) is 0 Å². The number of carbonyl (C=O) groups is 1. The van der Waals surface area contributed by atoms with Gasteiger partial charge in [0.15, 0.2) is 6.29 Å². The summed E-state index contributed by atoms with van der Waals surface area (Å²) < 4.78 is 16.2. The lowest BCUT2D eigenvalue weighted by Crippen LogP contribution is -2.60. The van der Waals surface area contributed by atoms with Crippen LogP contribution in [0.25, 0.3) is 0 Å². The second-order valence-corrected chi connectivity index (χ2v) is 6.49. The molecule has 0 aromatic rings. The summed E-state index contributed by atoms with van der Waals surface area (Å²) >= 11 is 0. The van der Waals surface area contributed by atoms with Gasteiger partial charge in [0.25, 0.3) is 0 Å². The molecule has 1 aliphatic carbocycles. The van der Waals surface area contributed by atoms with Crippen molar-refractivity contribution in [1.29, 1.82) is 0 Å². The number of ether oxygens (including phenoxy) is 3. The molecule has 0 aromatic heterocycles. The predicted octanol–water partition coefficient (Wildman–Crippen LogP) is -2.17. The molecule has 2 aliphatic heterocycles. The molecular formula is C16H22O10. The first-order valence-corrected chi connectivity index (χ1v) is 8.26. The Hall–Kier alpha value is -1.53. The zero-order chi connectivity index (χ0) is 19.0. The quantitative estimate of drug-likeness (QED) is 0.291. The number of hydrogen-bond acceptors (Lipinski definition) is 9. The van der Waals surface area contributed by atoms with Gasteiger partial charge in [-0.1, -0.05) is 0 Å². The number of hydrogen-bond donors (Lipinski definition) is 6. The van der Waals surface area contributed by atoms with Gasteiger partial charge in [0.1, 0.15) is 24.4 Å². The molecule has 3 rings (SSSR count). The Labute approximate surface area is 148 Å². The van der Waals surface area contributed by atoms with E-state index in [1.807, 2.05) is 0 Å². The minimum atomic E-state index is -1.61. The van der Waals surface area contributed by atoms with E-state index < -0.39 is 55.5 Å². The Balaban J connectivity index is 1.83. The zero-order valence-electron chi connectivity index (χ0n) is 13.8. The summed E-state index contributed by atoms with van der Waals surface area (Å²) in [7, 11) is 0. The van der Waals surface area contributed by atoms with Crippen LogP contribution in [0.3, 0.4) is 0 Å². The maximum atomic E-state index is 11.4. The van der Waals surface area contributed by atoms with Crippen molar-refractivity contribution in [3.05, 3.63) is 23.0 Å². The maximum absolute atomic E-state index is 11.4. The summed E-state index contributed by atoms with van der Waals surface area (Å²) in [6, 6.07) is 0. The summed E-state index contributed by atoms with van der Waals surface area (Å²) in [6.07, 6.45) is -6.43. The van der Waals surface area contributed by atoms with E-state index in [4.69, 9.17) is 14.2 Å². The van der Waals surface area contributed by atoms with Gasteiger partial charge in [-0.25, -0.2) is 4.79 Å². The van der Waals surface area contributed by atoms with Crippen molar-refractivity contribution >= 4 is 5.97 Å². The Morgan fingerprint density at radius 3 is 2.54 bits per heavy atom. The van der Waals surface area contributed by atoms with E-state index in [1.165, 1.54) is 0 Å². The molecule has 26 heavy (non-hydrogen) atoms. The third-order valence-electron chi connectivity index (χ3n) is 5.01. The summed E-state index contributed by atoms with van der Waals surface area (Å²) in [4.78, 5) is 11.4. The van der Waals surface area contributed by atoms with Crippen LogP contribution >= 0.6 is 0 Å². The first kappa shape index (κ1) is 19.2. The zero-order valence-corrected chi connectivity index (χ0v) is 13.8. The average Bonchev–Trinajstić information content (AvgIpc) is 3.06. The number of carboxylic acids is 1. The molecule has 0 amide bonds. The van der Waals surface area contributed by atoms with Crippen LogP contribution in [0.2, 0.25) is 0 Å². The lowest BCUT2D eigenvalue weighted by atomic mass is 9.90. The molecule has 6 N–H and O–H groups in total. The monoisotopic (exact) mass is 374 g/mol. The van der Waals surface area contributed by atoms with E-state index in [1.54, 1.807) is 0 Å². The molecule has 1 fully saturated rings. The number of fused-ring (bicyclic) bond motifs is 1. The molecular weight excluding hydrogens is 352 g/mol. The second kappa shape index (κ2) is 7.61. The van der Waals surface area contributed by atoms with Gasteiger partial charge in [-0.3, -0.25) is 0 Å². The highest BCUT2D eigenvalue weighted by atomic mass is 16.8. The fourth-order valence-corrected chi connectivity index (χ4v) is 3.59. The highest BCUT2D eigenvalue weighted by Crippen LogP contribution is 2.43. The van der Waals surface area contributed by atoms with E-state index in [-0.39, 0.29) is 12.2 Å². The second-order valence-electron chi connectivity index (χ2n) is 6.49. The molecule has 0 radical (unpaired) electrons. The molecule has 0 aromatic carbocycles. The first-order valence-electron chi connectivity index (χ1n) is 8.26. The van der Waals surface area contributed by atoms with E-state index in [2.05, 4.69) is 0 Å². The van der Waals surface area contributed by atoms with E-state index in [0.29, 0.717) is 24.0 Å². The molecule has 3 aliphatic rings. The van der Waals surface area contributed by atoms with Gasteiger partial charge >= 0.3 is 5.97 Å². The lowest BCUT2D eigenvalue weighted by molar-refractivity contribution is -0.327. The Bertz CT molecular complexity index is 612. The van der Waals surface area contributed by atoms with Crippen molar-refractivity contribution in [3.63, 3.8) is 0 Å². The Morgan fingerprint density at radius 2 is 1.92 bits per heavy atom. The van der Waals surface area contributed by atoms with Crippen LogP contribution in [0, 0.1) is 5.92 Å². The van der Waals surface area contributed by atoms with Crippen molar-refractivity contribution in [2.45, 2.75) is 49.8 Å². The first-order chi connectivity index (χ1) is 12.4. The van der Waals surface area contributed by atoms with Gasteiger partial charge in [-0.05, 0) is 18.4 Å². The highest BCUT2D eigenvalue weighted by molar-refractivity contribution is 5.88. The fraction of sp³-hybridized carbons (Fsp3) is 0.688. The smallest absolute Gasteiger partial charge is 0.335 e. The standard InChI is InChI=1S/C16H22O10/c17-3-6-1-2-7-8(14(22)23)5-24-15(10(6)7)26-16-13(21)12(20)11(19)9(4-18)25-16/h5,7,9,11-13,15-21H,1-4H2,(H,22,23)/t7-,9-,11-,12+,13-,15+,16+/m1/s1. The molecule has 1 saturated heterocycles. The molecule has 10 nitrogen and oxygen atoms in total. The third-order valence-corrected chi connectivity index (χ3v) is 5.01. The number of carboxylic acid groups (broad SMARTS) is 1. The van der Waals surface area contributed by atoms with Gasteiger partial charge in [0, 0.05) is 11.5 Å². The Kier molecular flexibility index (Phi) is 5.63. The van der Waals surface area contributed by atoms with Crippen LogP contribution < -0.4 is 0 Å². The number of aliphatic hydroxyl groups is 5. The fourth-order valence-electron chi connectivity index (χ4n) is 3.59. The summed E-state index contributed by atoms with van der Waals surface area (Å²) in [5.41, 5.74) is 1.07. The van der Waals surface area contributed by atoms with Crippen LogP contribution in [0.1, 0.15) is 12.8 Å². The van der Waals surface area contributed by atoms with Crippen LogP contribution in [-0.2, 0) is 19.0 Å². The van der Waals surface area contributed by atoms with Crippen molar-refractivity contribution in [2.24, 2.45) is 5.92 Å². The van der Waals surface area contributed by atoms with Crippen LogP contribution in [-0.4, -0.2) is 86.8 Å². The normalized spacial score (nSPS) is 40.0. The van der Waals surface area contributed by atoms with Gasteiger partial charge in [0.05, 0.1) is 25.0 Å². The molecule has 146 valence electrons. The van der Waals surface area contributed by atoms with Crippen LogP contribution in [0.5, 0.6) is 0 Å². The van der Waals surface area contributed by atoms with Crippen molar-refractivity contribution in [3.8, 4) is 0 Å². The number of rotatable bonds is 5. The minimum Gasteiger partial charge on any atom is -0.478 e. The SMILES string of the molecule is O=C(O)C1=CO[C@@H](O[C@@H]2O[C@H](CO)[C@@H](O)[C@H](O)[C@H]2O)C2=C(CO)CC[C@H]12.